The van der Waals surface area contributed by atoms with Gasteiger partial charge in [-0.25, -0.2) is 0 Å². The van der Waals surface area contributed by atoms with Gasteiger partial charge in [0, 0.05) is 13.1 Å². The highest BCUT2D eigenvalue weighted by molar-refractivity contribution is 5.82. The average Bonchev–Trinajstić information content (AvgIpc) is 2.95. The van der Waals surface area contributed by atoms with Gasteiger partial charge in [0.05, 0.1) is 24.9 Å². The van der Waals surface area contributed by atoms with E-state index in [1.54, 1.807) is 0 Å². The zero-order valence-corrected chi connectivity index (χ0v) is 10.2. The molecule has 98 valence electrons. The number of aliphatic hydroxyl groups is 1. The van der Waals surface area contributed by atoms with Crippen molar-refractivity contribution in [3.8, 4) is 0 Å². The molecule has 0 aromatic carbocycles. The summed E-state index contributed by atoms with van der Waals surface area (Å²) in [7, 11) is 0. The van der Waals surface area contributed by atoms with Crippen molar-refractivity contribution < 1.29 is 14.6 Å². The lowest BCUT2D eigenvalue weighted by atomic mass is 10.2. The molecule has 0 aromatic rings. The van der Waals surface area contributed by atoms with Crippen molar-refractivity contribution in [3.05, 3.63) is 0 Å². The summed E-state index contributed by atoms with van der Waals surface area (Å²) in [4.78, 5) is 11.6. The van der Waals surface area contributed by atoms with Crippen LogP contribution in [0.15, 0.2) is 0 Å². The molecule has 1 amide bonds. The van der Waals surface area contributed by atoms with E-state index < -0.39 is 0 Å². The largest absolute Gasteiger partial charge is 0.392 e. The number of rotatable bonds is 5. The molecule has 0 aromatic heterocycles. The maximum Gasteiger partial charge on any atom is 0.237 e. The van der Waals surface area contributed by atoms with Gasteiger partial charge in [-0.15, -0.1) is 0 Å². The average molecular weight is 242 g/mol. The molecule has 5 nitrogen and oxygen atoms in total. The SMILES string of the molecule is O=C(NCCOC1CCCC1)[C@@H]1C[C@@H](O)CN1. The number of hydrogen-bond donors (Lipinski definition) is 3. The fraction of sp³-hybridized carbons (Fsp3) is 0.917. The normalized spacial score (nSPS) is 29.7. The Morgan fingerprint density at radius 2 is 2.18 bits per heavy atom. The Kier molecular flexibility index (Phi) is 4.76. The highest BCUT2D eigenvalue weighted by atomic mass is 16.5. The molecule has 2 rings (SSSR count). The monoisotopic (exact) mass is 242 g/mol. The second-order valence-electron chi connectivity index (χ2n) is 4.92. The molecule has 0 spiro atoms. The van der Waals surface area contributed by atoms with E-state index in [1.807, 2.05) is 0 Å². The molecule has 3 N–H and O–H groups in total. The Labute approximate surface area is 102 Å². The first kappa shape index (κ1) is 12.8. The van der Waals surface area contributed by atoms with E-state index >= 15 is 0 Å². The summed E-state index contributed by atoms with van der Waals surface area (Å²) in [5, 5.41) is 15.1. The van der Waals surface area contributed by atoms with Gasteiger partial charge in [0.1, 0.15) is 0 Å². The van der Waals surface area contributed by atoms with Crippen molar-refractivity contribution in [2.45, 2.75) is 50.4 Å². The van der Waals surface area contributed by atoms with Gasteiger partial charge in [0.25, 0.3) is 0 Å². The number of hydrogen-bond acceptors (Lipinski definition) is 4. The van der Waals surface area contributed by atoms with Crippen LogP contribution in [0, 0.1) is 0 Å². The number of β-amino-alcohol motifs (C(OH)–C–C–N with tert-alkyl or cyclic N) is 1. The lowest BCUT2D eigenvalue weighted by Crippen LogP contribution is -2.41. The van der Waals surface area contributed by atoms with Gasteiger partial charge in [0.2, 0.25) is 5.91 Å². The minimum atomic E-state index is -0.388. The van der Waals surface area contributed by atoms with E-state index in [2.05, 4.69) is 10.6 Å². The van der Waals surface area contributed by atoms with Crippen molar-refractivity contribution in [1.29, 1.82) is 0 Å². The molecule has 2 fully saturated rings. The summed E-state index contributed by atoms with van der Waals surface area (Å²) in [6.45, 7) is 1.66. The molecule has 1 aliphatic heterocycles. The van der Waals surface area contributed by atoms with E-state index in [-0.39, 0.29) is 18.1 Å². The number of carbonyl (C=O) groups is 1. The van der Waals surface area contributed by atoms with Crippen LogP contribution in [0.1, 0.15) is 32.1 Å². The molecule has 1 aliphatic carbocycles. The van der Waals surface area contributed by atoms with E-state index in [0.29, 0.717) is 32.2 Å². The van der Waals surface area contributed by atoms with Gasteiger partial charge in [-0.05, 0) is 19.3 Å². The molecule has 1 heterocycles. The van der Waals surface area contributed by atoms with Gasteiger partial charge in [0.15, 0.2) is 0 Å². The standard InChI is InChI=1S/C12H22N2O3/c15-9-7-11(14-8-9)12(16)13-5-6-17-10-3-1-2-4-10/h9-11,14-15H,1-8H2,(H,13,16)/t9-,11+/m1/s1. The third-order valence-electron chi connectivity index (χ3n) is 3.48. The van der Waals surface area contributed by atoms with Crippen molar-refractivity contribution in [2.75, 3.05) is 19.7 Å². The number of nitrogens with one attached hydrogen (secondary N) is 2. The molecule has 0 unspecified atom stereocenters. The maximum absolute atomic E-state index is 11.6. The molecular formula is C12H22N2O3. The number of ether oxygens (including phenoxy) is 1. The smallest absolute Gasteiger partial charge is 0.237 e. The summed E-state index contributed by atoms with van der Waals surface area (Å²) in [5.74, 6) is -0.0310. The number of aliphatic hydroxyl groups excluding tert-OH is 1. The molecule has 2 aliphatic rings. The minimum absolute atomic E-state index is 0.0310. The Hall–Kier alpha value is -0.650. The maximum atomic E-state index is 11.6. The first-order valence-electron chi connectivity index (χ1n) is 6.56. The van der Waals surface area contributed by atoms with Crippen LogP contribution in [0.5, 0.6) is 0 Å². The van der Waals surface area contributed by atoms with Crippen molar-refractivity contribution in [2.24, 2.45) is 0 Å². The Balaban J connectivity index is 1.53. The summed E-state index contributed by atoms with van der Waals surface area (Å²) >= 11 is 0. The predicted octanol–water partition coefficient (Wildman–Crippen LogP) is -0.215. The predicted molar refractivity (Wildman–Crippen MR) is 63.6 cm³/mol. The van der Waals surface area contributed by atoms with Crippen molar-refractivity contribution in [3.63, 3.8) is 0 Å². The van der Waals surface area contributed by atoms with Gasteiger partial charge in [-0.3, -0.25) is 4.79 Å². The van der Waals surface area contributed by atoms with Crippen LogP contribution in [0.2, 0.25) is 0 Å². The molecule has 0 radical (unpaired) electrons. The fourth-order valence-corrected chi connectivity index (χ4v) is 2.49. The van der Waals surface area contributed by atoms with Gasteiger partial charge in [-0.1, -0.05) is 12.8 Å². The quantitative estimate of drug-likeness (QED) is 0.583. The lowest BCUT2D eigenvalue weighted by Gasteiger charge is -2.13. The fourth-order valence-electron chi connectivity index (χ4n) is 2.49. The van der Waals surface area contributed by atoms with Gasteiger partial charge >= 0.3 is 0 Å². The van der Waals surface area contributed by atoms with E-state index in [4.69, 9.17) is 4.74 Å². The molecular weight excluding hydrogens is 220 g/mol. The first-order valence-corrected chi connectivity index (χ1v) is 6.56. The number of carbonyl (C=O) groups excluding carboxylic acids is 1. The lowest BCUT2D eigenvalue weighted by molar-refractivity contribution is -0.123. The van der Waals surface area contributed by atoms with Gasteiger partial charge < -0.3 is 20.5 Å². The Bertz CT molecular complexity index is 254. The molecule has 1 saturated heterocycles. The van der Waals surface area contributed by atoms with Crippen LogP contribution in [-0.4, -0.2) is 49.0 Å². The zero-order valence-electron chi connectivity index (χ0n) is 10.2. The van der Waals surface area contributed by atoms with E-state index in [1.165, 1.54) is 12.8 Å². The van der Waals surface area contributed by atoms with Crippen molar-refractivity contribution >= 4 is 5.91 Å². The van der Waals surface area contributed by atoms with Crippen LogP contribution in [-0.2, 0) is 9.53 Å². The molecule has 1 saturated carbocycles. The Morgan fingerprint density at radius 3 is 2.82 bits per heavy atom. The summed E-state index contributed by atoms with van der Waals surface area (Å²) < 4.78 is 5.65. The van der Waals surface area contributed by atoms with Crippen LogP contribution >= 0.6 is 0 Å². The van der Waals surface area contributed by atoms with Crippen LogP contribution in [0.4, 0.5) is 0 Å². The zero-order chi connectivity index (χ0) is 12.1. The third-order valence-corrected chi connectivity index (χ3v) is 3.48. The molecule has 0 bridgehead atoms. The van der Waals surface area contributed by atoms with E-state index in [0.717, 1.165) is 12.8 Å². The van der Waals surface area contributed by atoms with Gasteiger partial charge in [-0.2, -0.15) is 0 Å². The van der Waals surface area contributed by atoms with Crippen LogP contribution < -0.4 is 10.6 Å². The van der Waals surface area contributed by atoms with Crippen molar-refractivity contribution in [1.82, 2.24) is 10.6 Å². The Morgan fingerprint density at radius 1 is 1.41 bits per heavy atom. The second-order valence-corrected chi connectivity index (χ2v) is 4.92. The minimum Gasteiger partial charge on any atom is -0.392 e. The summed E-state index contributed by atoms with van der Waals surface area (Å²) in [5.41, 5.74) is 0. The molecule has 5 heteroatoms. The number of amides is 1. The highest BCUT2D eigenvalue weighted by Crippen LogP contribution is 2.20. The third kappa shape index (κ3) is 3.94. The molecule has 17 heavy (non-hydrogen) atoms. The topological polar surface area (TPSA) is 70.6 Å². The first-order chi connectivity index (χ1) is 8.25. The highest BCUT2D eigenvalue weighted by Gasteiger charge is 2.27. The molecule has 2 atom stereocenters. The summed E-state index contributed by atoms with van der Waals surface area (Å²) in [6.07, 6.45) is 5.37. The summed E-state index contributed by atoms with van der Waals surface area (Å²) in [6, 6.07) is -0.239. The second kappa shape index (κ2) is 6.33. The van der Waals surface area contributed by atoms with E-state index in [9.17, 15) is 9.90 Å². The van der Waals surface area contributed by atoms with Crippen LogP contribution in [0.3, 0.4) is 0 Å². The van der Waals surface area contributed by atoms with Crippen LogP contribution in [0.25, 0.3) is 0 Å².